The lowest BCUT2D eigenvalue weighted by Crippen LogP contribution is -2.18. The molecule has 3 aromatic carbocycles. The molecule has 1 aromatic heterocycles. The van der Waals surface area contributed by atoms with Gasteiger partial charge in [-0.2, -0.15) is 9.67 Å². The number of ether oxygens (including phenoxy) is 2. The molecule has 0 aliphatic rings. The van der Waals surface area contributed by atoms with E-state index in [0.29, 0.717) is 34.7 Å². The highest BCUT2D eigenvalue weighted by molar-refractivity contribution is 6.30. The van der Waals surface area contributed by atoms with E-state index in [-0.39, 0.29) is 5.91 Å². The van der Waals surface area contributed by atoms with E-state index in [1.165, 1.54) is 11.8 Å². The molecule has 0 radical (unpaired) electrons. The van der Waals surface area contributed by atoms with Crippen LogP contribution in [-0.4, -0.2) is 34.9 Å². The van der Waals surface area contributed by atoms with Gasteiger partial charge in [0.1, 0.15) is 11.5 Å². The summed E-state index contributed by atoms with van der Waals surface area (Å²) < 4.78 is 11.8. The van der Waals surface area contributed by atoms with Crippen LogP contribution in [0.1, 0.15) is 15.9 Å². The van der Waals surface area contributed by atoms with Gasteiger partial charge in [-0.15, -0.1) is 5.10 Å². The summed E-state index contributed by atoms with van der Waals surface area (Å²) in [6, 6.07) is 21.8. The fraction of sp³-hybridized carbons (Fsp3) is 0.125. The molecule has 0 atom stereocenters. The van der Waals surface area contributed by atoms with E-state index in [1.807, 2.05) is 36.4 Å². The summed E-state index contributed by atoms with van der Waals surface area (Å²) in [6.45, 7) is 0.446. The number of hydrogen-bond acceptors (Lipinski definition) is 6. The van der Waals surface area contributed by atoms with E-state index >= 15 is 0 Å². The zero-order valence-corrected chi connectivity index (χ0v) is 18.3. The second kappa shape index (κ2) is 9.53. The Morgan fingerprint density at radius 2 is 1.69 bits per heavy atom. The van der Waals surface area contributed by atoms with Crippen LogP contribution in [0.15, 0.2) is 72.8 Å². The first-order valence-electron chi connectivity index (χ1n) is 9.86. The maximum atomic E-state index is 13.3. The number of rotatable bonds is 7. The Morgan fingerprint density at radius 3 is 2.38 bits per heavy atom. The van der Waals surface area contributed by atoms with Crippen LogP contribution in [0.25, 0.3) is 11.4 Å². The van der Waals surface area contributed by atoms with Gasteiger partial charge in [-0.25, -0.2) is 0 Å². The van der Waals surface area contributed by atoms with Gasteiger partial charge < -0.3 is 14.8 Å². The average Bonchev–Trinajstić information content (AvgIpc) is 3.27. The molecule has 32 heavy (non-hydrogen) atoms. The van der Waals surface area contributed by atoms with E-state index in [2.05, 4.69) is 15.4 Å². The SMILES string of the molecule is COc1ccc(CNc2nc(-c3ccc(Cl)cc3)nn2C(=O)c2ccccc2OC)cc1. The number of para-hydroxylation sites is 1. The molecule has 0 amide bonds. The third-order valence-corrected chi connectivity index (χ3v) is 5.10. The normalized spacial score (nSPS) is 10.6. The molecular formula is C24H21ClN4O3. The topological polar surface area (TPSA) is 78.3 Å². The Labute approximate surface area is 190 Å². The monoisotopic (exact) mass is 448 g/mol. The molecule has 0 spiro atoms. The van der Waals surface area contributed by atoms with Crippen molar-refractivity contribution in [2.45, 2.75) is 6.54 Å². The lowest BCUT2D eigenvalue weighted by Gasteiger charge is -2.10. The van der Waals surface area contributed by atoms with Crippen molar-refractivity contribution in [3.05, 3.63) is 88.9 Å². The first-order valence-corrected chi connectivity index (χ1v) is 10.2. The van der Waals surface area contributed by atoms with Crippen molar-refractivity contribution in [1.29, 1.82) is 0 Å². The molecule has 0 fully saturated rings. The molecule has 0 aliphatic heterocycles. The van der Waals surface area contributed by atoms with Crippen LogP contribution in [0, 0.1) is 0 Å². The number of hydrogen-bond donors (Lipinski definition) is 1. The summed E-state index contributed by atoms with van der Waals surface area (Å²) >= 11 is 6.00. The van der Waals surface area contributed by atoms with Gasteiger partial charge in [-0.3, -0.25) is 4.79 Å². The highest BCUT2D eigenvalue weighted by Crippen LogP contribution is 2.24. The molecule has 1 heterocycles. The molecule has 0 unspecified atom stereocenters. The van der Waals surface area contributed by atoms with E-state index in [4.69, 9.17) is 21.1 Å². The van der Waals surface area contributed by atoms with Crippen LogP contribution in [-0.2, 0) is 6.54 Å². The maximum Gasteiger partial charge on any atom is 0.285 e. The van der Waals surface area contributed by atoms with Crippen molar-refractivity contribution in [1.82, 2.24) is 14.8 Å². The minimum absolute atomic E-state index is 0.321. The van der Waals surface area contributed by atoms with Crippen molar-refractivity contribution in [3.8, 4) is 22.9 Å². The van der Waals surface area contributed by atoms with E-state index in [0.717, 1.165) is 16.9 Å². The van der Waals surface area contributed by atoms with Crippen LogP contribution in [0.5, 0.6) is 11.5 Å². The number of anilines is 1. The second-order valence-corrected chi connectivity index (χ2v) is 7.32. The average molecular weight is 449 g/mol. The number of halogens is 1. The third kappa shape index (κ3) is 4.58. The first-order chi connectivity index (χ1) is 15.6. The lowest BCUT2D eigenvalue weighted by atomic mass is 10.2. The molecule has 7 nitrogen and oxygen atoms in total. The molecule has 0 bridgehead atoms. The molecule has 0 saturated heterocycles. The maximum absolute atomic E-state index is 13.3. The van der Waals surface area contributed by atoms with Gasteiger partial charge in [0, 0.05) is 17.1 Å². The zero-order valence-electron chi connectivity index (χ0n) is 17.6. The minimum Gasteiger partial charge on any atom is -0.497 e. The Morgan fingerprint density at radius 1 is 0.969 bits per heavy atom. The predicted molar refractivity (Wildman–Crippen MR) is 124 cm³/mol. The largest absolute Gasteiger partial charge is 0.497 e. The van der Waals surface area contributed by atoms with E-state index < -0.39 is 0 Å². The molecule has 0 aliphatic carbocycles. The summed E-state index contributed by atoms with van der Waals surface area (Å²) in [5, 5.41) is 8.30. The highest BCUT2D eigenvalue weighted by atomic mass is 35.5. The van der Waals surface area contributed by atoms with Crippen molar-refractivity contribution in [2.24, 2.45) is 0 Å². The van der Waals surface area contributed by atoms with Gasteiger partial charge in [0.15, 0.2) is 5.82 Å². The molecule has 0 saturated carbocycles. The van der Waals surface area contributed by atoms with Gasteiger partial charge >= 0.3 is 0 Å². The van der Waals surface area contributed by atoms with Crippen LogP contribution in [0.3, 0.4) is 0 Å². The third-order valence-electron chi connectivity index (χ3n) is 4.85. The zero-order chi connectivity index (χ0) is 22.5. The van der Waals surface area contributed by atoms with E-state index in [9.17, 15) is 4.79 Å². The van der Waals surface area contributed by atoms with Crippen LogP contribution in [0.4, 0.5) is 5.95 Å². The molecule has 1 N–H and O–H groups in total. The summed E-state index contributed by atoms with van der Waals surface area (Å²) in [6.07, 6.45) is 0. The summed E-state index contributed by atoms with van der Waals surface area (Å²) in [5.41, 5.74) is 2.13. The summed E-state index contributed by atoms with van der Waals surface area (Å²) in [4.78, 5) is 17.9. The number of nitrogens with zero attached hydrogens (tertiary/aromatic N) is 3. The summed E-state index contributed by atoms with van der Waals surface area (Å²) in [7, 11) is 3.15. The van der Waals surface area contributed by atoms with Gasteiger partial charge in [-0.1, -0.05) is 35.9 Å². The molecular weight excluding hydrogens is 428 g/mol. The number of carbonyl (C=O) groups excluding carboxylic acids is 1. The number of methoxy groups -OCH3 is 2. The Bertz CT molecular complexity index is 1220. The van der Waals surface area contributed by atoms with Crippen LogP contribution < -0.4 is 14.8 Å². The number of benzene rings is 3. The fourth-order valence-electron chi connectivity index (χ4n) is 3.15. The van der Waals surface area contributed by atoms with Crippen molar-refractivity contribution in [2.75, 3.05) is 19.5 Å². The highest BCUT2D eigenvalue weighted by Gasteiger charge is 2.21. The molecule has 8 heteroatoms. The van der Waals surface area contributed by atoms with Crippen molar-refractivity contribution < 1.29 is 14.3 Å². The second-order valence-electron chi connectivity index (χ2n) is 6.88. The quantitative estimate of drug-likeness (QED) is 0.432. The van der Waals surface area contributed by atoms with Gasteiger partial charge in [0.05, 0.1) is 19.8 Å². The van der Waals surface area contributed by atoms with E-state index in [1.54, 1.807) is 43.5 Å². The van der Waals surface area contributed by atoms with Crippen molar-refractivity contribution in [3.63, 3.8) is 0 Å². The minimum atomic E-state index is -0.354. The molecule has 4 rings (SSSR count). The van der Waals surface area contributed by atoms with Gasteiger partial charge in [-0.05, 0) is 54.1 Å². The van der Waals surface area contributed by atoms with Crippen molar-refractivity contribution >= 4 is 23.5 Å². The van der Waals surface area contributed by atoms with Gasteiger partial charge in [0.2, 0.25) is 5.95 Å². The number of carbonyl (C=O) groups is 1. The Hall–Kier alpha value is -3.84. The predicted octanol–water partition coefficient (Wildman–Crippen LogP) is 4.92. The number of aromatic nitrogens is 3. The first kappa shape index (κ1) is 21.4. The van der Waals surface area contributed by atoms with Crippen LogP contribution in [0.2, 0.25) is 5.02 Å². The smallest absolute Gasteiger partial charge is 0.285 e. The lowest BCUT2D eigenvalue weighted by molar-refractivity contribution is 0.0944. The standard InChI is InChI=1S/C24H21ClN4O3/c1-31-19-13-7-16(8-14-19)15-26-24-27-22(17-9-11-18(25)12-10-17)28-29(24)23(30)20-5-3-4-6-21(20)32-2/h3-14H,15H2,1-2H3,(H,26,27,28). The molecule has 162 valence electrons. The van der Waals surface area contributed by atoms with Crippen LogP contribution >= 0.6 is 11.6 Å². The summed E-state index contributed by atoms with van der Waals surface area (Å²) in [5.74, 6) is 1.60. The fourth-order valence-corrected chi connectivity index (χ4v) is 3.28. The number of nitrogens with one attached hydrogen (secondary N) is 1. The Balaban J connectivity index is 1.69. The van der Waals surface area contributed by atoms with Gasteiger partial charge in [0.25, 0.3) is 5.91 Å². The Kier molecular flexibility index (Phi) is 6.37. The molecule has 4 aromatic rings.